The fourth-order valence-electron chi connectivity index (χ4n) is 3.88. The Morgan fingerprint density at radius 3 is 2.79 bits per heavy atom. The molecule has 2 aliphatic rings. The van der Waals surface area contributed by atoms with Gasteiger partial charge in [-0.1, -0.05) is 0 Å². The van der Waals surface area contributed by atoms with Crippen LogP contribution in [0.4, 0.5) is 5.82 Å². The predicted octanol–water partition coefficient (Wildman–Crippen LogP) is 3.58. The van der Waals surface area contributed by atoms with E-state index in [1.807, 2.05) is 6.20 Å². The van der Waals surface area contributed by atoms with Crippen molar-refractivity contribution in [3.8, 4) is 0 Å². The number of thiazole rings is 1. The number of ether oxygens (including phenoxy) is 1. The van der Waals surface area contributed by atoms with Gasteiger partial charge >= 0.3 is 0 Å². The van der Waals surface area contributed by atoms with Crippen LogP contribution in [0.5, 0.6) is 0 Å². The van der Waals surface area contributed by atoms with Crippen LogP contribution in [-0.4, -0.2) is 28.6 Å². The number of hydrogen-bond donors (Lipinski definition) is 0. The van der Waals surface area contributed by atoms with Crippen molar-refractivity contribution < 1.29 is 4.74 Å². The van der Waals surface area contributed by atoms with Crippen molar-refractivity contribution in [2.45, 2.75) is 45.8 Å². The molecule has 2 heterocycles. The van der Waals surface area contributed by atoms with Crippen LogP contribution in [0, 0.1) is 18.3 Å². The zero-order chi connectivity index (χ0) is 16.6. The Hall–Kier alpha value is -1.53. The van der Waals surface area contributed by atoms with E-state index >= 15 is 0 Å². The number of methoxy groups -OCH3 is 1. The van der Waals surface area contributed by atoms with Gasteiger partial charge in [0.1, 0.15) is 12.1 Å². The average molecular weight is 344 g/mol. The van der Waals surface area contributed by atoms with Crippen LogP contribution in [0.15, 0.2) is 18.6 Å². The van der Waals surface area contributed by atoms with Crippen molar-refractivity contribution in [2.24, 2.45) is 11.3 Å². The second-order valence-corrected chi connectivity index (χ2v) is 8.62. The fraction of sp³-hybridized carbons (Fsp3) is 0.611. The highest BCUT2D eigenvalue weighted by molar-refractivity contribution is 7.11. The molecule has 1 spiro atoms. The van der Waals surface area contributed by atoms with Crippen LogP contribution in [0.3, 0.4) is 0 Å². The first-order valence-corrected chi connectivity index (χ1v) is 9.44. The van der Waals surface area contributed by atoms with Crippen molar-refractivity contribution in [3.05, 3.63) is 34.2 Å². The summed E-state index contributed by atoms with van der Waals surface area (Å²) in [5.74, 6) is 1.79. The minimum atomic E-state index is 0.523. The van der Waals surface area contributed by atoms with Gasteiger partial charge in [-0.05, 0) is 43.9 Å². The molecule has 6 heteroatoms. The largest absolute Gasteiger partial charge is 0.378 e. The van der Waals surface area contributed by atoms with Gasteiger partial charge in [0, 0.05) is 30.8 Å². The molecule has 5 nitrogen and oxygen atoms in total. The highest BCUT2D eigenvalue weighted by atomic mass is 32.1. The van der Waals surface area contributed by atoms with Crippen LogP contribution >= 0.6 is 11.3 Å². The highest BCUT2D eigenvalue weighted by Crippen LogP contribution is 2.63. The summed E-state index contributed by atoms with van der Waals surface area (Å²) in [5, 5.41) is 1.12. The van der Waals surface area contributed by atoms with Crippen LogP contribution in [0.2, 0.25) is 0 Å². The maximum atomic E-state index is 5.22. The number of rotatable bonds is 7. The van der Waals surface area contributed by atoms with Crippen molar-refractivity contribution in [1.29, 1.82) is 0 Å². The normalized spacial score (nSPS) is 18.6. The Morgan fingerprint density at radius 2 is 2.12 bits per heavy atom. The molecule has 0 aliphatic heterocycles. The molecule has 0 saturated heterocycles. The molecule has 2 aromatic heterocycles. The first-order chi connectivity index (χ1) is 11.7. The molecule has 0 amide bonds. The van der Waals surface area contributed by atoms with Crippen molar-refractivity contribution >= 4 is 17.2 Å². The average Bonchev–Trinajstić information content (AvgIpc) is 3.23. The summed E-state index contributed by atoms with van der Waals surface area (Å²) >= 11 is 1.77. The molecular weight excluding hydrogens is 320 g/mol. The summed E-state index contributed by atoms with van der Waals surface area (Å²) < 4.78 is 5.22. The summed E-state index contributed by atoms with van der Waals surface area (Å²) in [7, 11) is 1.70. The zero-order valence-electron chi connectivity index (χ0n) is 14.4. The quantitative estimate of drug-likeness (QED) is 0.768. The van der Waals surface area contributed by atoms with Crippen LogP contribution < -0.4 is 4.90 Å². The van der Waals surface area contributed by atoms with E-state index in [0.29, 0.717) is 6.61 Å². The monoisotopic (exact) mass is 344 g/mol. The van der Waals surface area contributed by atoms with E-state index in [1.54, 1.807) is 24.8 Å². The Labute approximate surface area is 147 Å². The van der Waals surface area contributed by atoms with Gasteiger partial charge in [-0.2, -0.15) is 0 Å². The molecule has 0 atom stereocenters. The number of aromatic nitrogens is 3. The van der Waals surface area contributed by atoms with Gasteiger partial charge in [0.05, 0.1) is 23.9 Å². The van der Waals surface area contributed by atoms with E-state index < -0.39 is 0 Å². The third-order valence-corrected chi connectivity index (χ3v) is 6.12. The number of aryl methyl sites for hydroxylation is 1. The van der Waals surface area contributed by atoms with E-state index in [0.717, 1.165) is 40.9 Å². The topological polar surface area (TPSA) is 51.1 Å². The maximum Gasteiger partial charge on any atom is 0.132 e. The number of anilines is 1. The van der Waals surface area contributed by atoms with E-state index in [4.69, 9.17) is 4.74 Å². The third kappa shape index (κ3) is 3.44. The molecule has 2 fully saturated rings. The molecule has 0 bridgehead atoms. The summed E-state index contributed by atoms with van der Waals surface area (Å²) in [6.45, 7) is 4.53. The zero-order valence-corrected chi connectivity index (χ0v) is 15.2. The molecule has 4 rings (SSSR count). The standard InChI is InChI=1S/C18H24N4OS/c1-13-19-8-16(24-13)10-22(9-14-6-18(7-14)3-4-18)17-5-15(11-23-2)20-12-21-17/h5,8,12,14H,3-4,6-7,9-11H2,1-2H3. The lowest BCUT2D eigenvalue weighted by Gasteiger charge is -2.39. The molecule has 0 unspecified atom stereocenters. The molecule has 128 valence electrons. The minimum absolute atomic E-state index is 0.523. The van der Waals surface area contributed by atoms with Crippen molar-refractivity contribution in [1.82, 2.24) is 15.0 Å². The van der Waals surface area contributed by atoms with Gasteiger partial charge in [0.2, 0.25) is 0 Å². The molecule has 0 aromatic carbocycles. The maximum absolute atomic E-state index is 5.22. The lowest BCUT2D eigenvalue weighted by molar-refractivity contribution is 0.172. The van der Waals surface area contributed by atoms with Crippen LogP contribution in [0.1, 0.15) is 41.3 Å². The van der Waals surface area contributed by atoms with Gasteiger partial charge in [-0.3, -0.25) is 0 Å². The minimum Gasteiger partial charge on any atom is -0.378 e. The number of hydrogen-bond acceptors (Lipinski definition) is 6. The van der Waals surface area contributed by atoms with Crippen LogP contribution in [-0.2, 0) is 17.9 Å². The lowest BCUT2D eigenvalue weighted by Crippen LogP contribution is -2.37. The SMILES string of the molecule is COCc1cc(N(Cc2cnc(C)s2)CC2CC3(CC3)C2)ncn1. The Bertz CT molecular complexity index is 705. The highest BCUT2D eigenvalue weighted by Gasteiger charge is 2.52. The second-order valence-electron chi connectivity index (χ2n) is 7.30. The van der Waals surface area contributed by atoms with Gasteiger partial charge in [0.15, 0.2) is 0 Å². The summed E-state index contributed by atoms with van der Waals surface area (Å²) in [6, 6.07) is 2.06. The third-order valence-electron chi connectivity index (χ3n) is 5.22. The summed E-state index contributed by atoms with van der Waals surface area (Å²) in [6.07, 6.45) is 9.32. The van der Waals surface area contributed by atoms with Crippen molar-refractivity contribution in [3.63, 3.8) is 0 Å². The number of nitrogens with zero attached hydrogens (tertiary/aromatic N) is 4. The van der Waals surface area contributed by atoms with E-state index in [9.17, 15) is 0 Å². The van der Waals surface area contributed by atoms with Gasteiger partial charge in [-0.15, -0.1) is 11.3 Å². The molecule has 2 saturated carbocycles. The molecule has 2 aliphatic carbocycles. The van der Waals surface area contributed by atoms with Gasteiger partial charge in [-0.25, -0.2) is 15.0 Å². The Morgan fingerprint density at radius 1 is 1.29 bits per heavy atom. The van der Waals surface area contributed by atoms with Gasteiger partial charge < -0.3 is 9.64 Å². The molecule has 0 N–H and O–H groups in total. The Balaban J connectivity index is 1.51. The molecule has 24 heavy (non-hydrogen) atoms. The van der Waals surface area contributed by atoms with Gasteiger partial charge in [0.25, 0.3) is 0 Å². The molecule has 2 aromatic rings. The van der Waals surface area contributed by atoms with E-state index in [2.05, 4.69) is 32.8 Å². The second kappa shape index (κ2) is 6.41. The van der Waals surface area contributed by atoms with E-state index in [1.165, 1.54) is 30.6 Å². The summed E-state index contributed by atoms with van der Waals surface area (Å²) in [4.78, 5) is 16.9. The first kappa shape index (κ1) is 16.0. The lowest BCUT2D eigenvalue weighted by atomic mass is 9.71. The van der Waals surface area contributed by atoms with Crippen LogP contribution in [0.25, 0.3) is 0 Å². The fourth-order valence-corrected chi connectivity index (χ4v) is 4.69. The predicted molar refractivity (Wildman–Crippen MR) is 95.0 cm³/mol. The Kier molecular flexibility index (Phi) is 4.26. The van der Waals surface area contributed by atoms with E-state index in [-0.39, 0.29) is 0 Å². The van der Waals surface area contributed by atoms with Crippen molar-refractivity contribution in [2.75, 3.05) is 18.6 Å². The molecular formula is C18H24N4OS. The molecule has 0 radical (unpaired) electrons. The summed E-state index contributed by atoms with van der Waals surface area (Å²) in [5.41, 5.74) is 1.67. The first-order valence-electron chi connectivity index (χ1n) is 8.62. The smallest absolute Gasteiger partial charge is 0.132 e.